The second kappa shape index (κ2) is 7.58. The molecule has 1 fully saturated rings. The van der Waals surface area contributed by atoms with Gasteiger partial charge in [0.2, 0.25) is 0 Å². The maximum atomic E-state index is 9.83. The van der Waals surface area contributed by atoms with Gasteiger partial charge in [-0.1, -0.05) is 13.8 Å². The fourth-order valence-corrected chi connectivity index (χ4v) is 3.33. The van der Waals surface area contributed by atoms with Gasteiger partial charge >= 0.3 is 0 Å². The molecule has 1 aliphatic carbocycles. The number of aliphatic hydroxyl groups excluding tert-OH is 1. The lowest BCUT2D eigenvalue weighted by molar-refractivity contribution is 0.0308. The topological polar surface area (TPSA) is 44.7 Å². The molecule has 1 saturated carbocycles. The van der Waals surface area contributed by atoms with Gasteiger partial charge in [-0.25, -0.2) is 0 Å². The van der Waals surface area contributed by atoms with Crippen LogP contribution in [0.5, 0.6) is 0 Å². The lowest BCUT2D eigenvalue weighted by atomic mass is 9.78. The molecule has 4 nitrogen and oxygen atoms in total. The number of aliphatic hydroxyl groups is 1. The molecule has 0 aromatic heterocycles. The van der Waals surface area contributed by atoms with Gasteiger partial charge < -0.3 is 15.2 Å². The van der Waals surface area contributed by atoms with E-state index in [-0.39, 0.29) is 12.1 Å². The summed E-state index contributed by atoms with van der Waals surface area (Å²) in [5.41, 5.74) is -0.0991. The fraction of sp³-hybridized carbons (Fsp3) is 1.00. The van der Waals surface area contributed by atoms with Gasteiger partial charge in [0, 0.05) is 30.8 Å². The normalized spacial score (nSPS) is 30.0. The molecule has 0 bridgehead atoms. The monoisotopic (exact) mass is 272 g/mol. The first-order valence-corrected chi connectivity index (χ1v) is 7.53. The van der Waals surface area contributed by atoms with Gasteiger partial charge in [-0.2, -0.15) is 0 Å². The van der Waals surface area contributed by atoms with Gasteiger partial charge in [0.05, 0.1) is 13.2 Å². The minimum atomic E-state index is -0.0991. The fourth-order valence-electron chi connectivity index (χ4n) is 3.33. The van der Waals surface area contributed by atoms with E-state index in [2.05, 4.69) is 38.0 Å². The van der Waals surface area contributed by atoms with Crippen LogP contribution in [-0.4, -0.2) is 61.0 Å². The van der Waals surface area contributed by atoms with Crippen molar-refractivity contribution in [3.05, 3.63) is 0 Å². The van der Waals surface area contributed by atoms with Crippen molar-refractivity contribution in [3.63, 3.8) is 0 Å². The summed E-state index contributed by atoms with van der Waals surface area (Å²) in [5, 5.41) is 13.4. The molecular weight excluding hydrogens is 240 g/mol. The number of hydrogen-bond acceptors (Lipinski definition) is 4. The van der Waals surface area contributed by atoms with Crippen LogP contribution in [0.4, 0.5) is 0 Å². The second-order valence-electron chi connectivity index (χ2n) is 6.46. The number of ether oxygens (including phenoxy) is 1. The lowest BCUT2D eigenvalue weighted by Crippen LogP contribution is -2.58. The Morgan fingerprint density at radius 3 is 2.63 bits per heavy atom. The van der Waals surface area contributed by atoms with Gasteiger partial charge in [-0.3, -0.25) is 4.90 Å². The smallest absolute Gasteiger partial charge is 0.0615 e. The molecule has 114 valence electrons. The van der Waals surface area contributed by atoms with E-state index in [0.717, 1.165) is 19.4 Å². The summed E-state index contributed by atoms with van der Waals surface area (Å²) in [6.07, 6.45) is 4.48. The standard InChI is InChI=1S/C15H32N2O2/c1-12(2)16-15(11-18)8-6-7-14(9-15)17(4)13(3)10-19-5/h12-14,16,18H,6-11H2,1-5H3. The number of methoxy groups -OCH3 is 1. The summed E-state index contributed by atoms with van der Waals surface area (Å²) < 4.78 is 5.25. The van der Waals surface area contributed by atoms with Gasteiger partial charge in [0.15, 0.2) is 0 Å². The Bertz CT molecular complexity index is 261. The molecular formula is C15H32N2O2. The van der Waals surface area contributed by atoms with Crippen LogP contribution in [0.15, 0.2) is 0 Å². The molecule has 0 heterocycles. The lowest BCUT2D eigenvalue weighted by Gasteiger charge is -2.45. The SMILES string of the molecule is COCC(C)N(C)C1CCCC(CO)(NC(C)C)C1. The first-order chi connectivity index (χ1) is 8.94. The van der Waals surface area contributed by atoms with Crippen molar-refractivity contribution in [1.29, 1.82) is 0 Å². The highest BCUT2D eigenvalue weighted by Crippen LogP contribution is 2.31. The van der Waals surface area contributed by atoms with E-state index < -0.39 is 0 Å². The molecule has 1 rings (SSSR count). The van der Waals surface area contributed by atoms with Crippen LogP contribution in [-0.2, 0) is 4.74 Å². The first kappa shape index (κ1) is 16.9. The average Bonchev–Trinajstić information content (AvgIpc) is 2.37. The van der Waals surface area contributed by atoms with E-state index in [4.69, 9.17) is 4.74 Å². The number of nitrogens with zero attached hydrogens (tertiary/aromatic N) is 1. The van der Waals surface area contributed by atoms with Crippen molar-refractivity contribution >= 4 is 0 Å². The second-order valence-corrected chi connectivity index (χ2v) is 6.46. The average molecular weight is 272 g/mol. The molecule has 3 atom stereocenters. The van der Waals surface area contributed by atoms with E-state index >= 15 is 0 Å². The third-order valence-electron chi connectivity index (χ3n) is 4.40. The van der Waals surface area contributed by atoms with E-state index in [1.165, 1.54) is 12.8 Å². The Balaban J connectivity index is 2.66. The van der Waals surface area contributed by atoms with Gasteiger partial charge in [0.25, 0.3) is 0 Å². The maximum Gasteiger partial charge on any atom is 0.0615 e. The molecule has 0 spiro atoms. The summed E-state index contributed by atoms with van der Waals surface area (Å²) in [6, 6.07) is 1.36. The maximum absolute atomic E-state index is 9.83. The van der Waals surface area contributed by atoms with E-state index in [1.54, 1.807) is 7.11 Å². The Morgan fingerprint density at radius 2 is 2.11 bits per heavy atom. The zero-order valence-electron chi connectivity index (χ0n) is 13.3. The molecule has 0 aromatic rings. The predicted molar refractivity (Wildman–Crippen MR) is 79.4 cm³/mol. The van der Waals surface area contributed by atoms with Crippen LogP contribution >= 0.6 is 0 Å². The van der Waals surface area contributed by atoms with Crippen LogP contribution in [0.1, 0.15) is 46.5 Å². The van der Waals surface area contributed by atoms with Gasteiger partial charge in [0.1, 0.15) is 0 Å². The summed E-state index contributed by atoms with van der Waals surface area (Å²) in [7, 11) is 3.93. The van der Waals surface area contributed by atoms with Gasteiger partial charge in [-0.15, -0.1) is 0 Å². The van der Waals surface area contributed by atoms with E-state index in [0.29, 0.717) is 18.1 Å². The molecule has 0 aliphatic heterocycles. The van der Waals surface area contributed by atoms with Crippen LogP contribution in [0.2, 0.25) is 0 Å². The van der Waals surface area contributed by atoms with E-state index in [1.807, 2.05) is 0 Å². The van der Waals surface area contributed by atoms with Crippen molar-refractivity contribution in [1.82, 2.24) is 10.2 Å². The molecule has 19 heavy (non-hydrogen) atoms. The van der Waals surface area contributed by atoms with Gasteiger partial charge in [-0.05, 0) is 39.7 Å². The minimum Gasteiger partial charge on any atom is -0.394 e. The van der Waals surface area contributed by atoms with Crippen LogP contribution in [0, 0.1) is 0 Å². The third-order valence-corrected chi connectivity index (χ3v) is 4.40. The summed E-state index contributed by atoms with van der Waals surface area (Å²) in [6.45, 7) is 7.50. The quantitative estimate of drug-likeness (QED) is 0.739. The zero-order chi connectivity index (χ0) is 14.5. The van der Waals surface area contributed by atoms with Crippen molar-refractivity contribution in [2.24, 2.45) is 0 Å². The molecule has 3 unspecified atom stereocenters. The van der Waals surface area contributed by atoms with Crippen molar-refractivity contribution < 1.29 is 9.84 Å². The number of nitrogens with one attached hydrogen (secondary N) is 1. The molecule has 0 saturated heterocycles. The molecule has 0 amide bonds. The summed E-state index contributed by atoms with van der Waals surface area (Å²) >= 11 is 0. The molecule has 2 N–H and O–H groups in total. The Hall–Kier alpha value is -0.160. The molecule has 1 aliphatic rings. The molecule has 0 aromatic carbocycles. The zero-order valence-corrected chi connectivity index (χ0v) is 13.3. The summed E-state index contributed by atoms with van der Waals surface area (Å²) in [5.74, 6) is 0. The van der Waals surface area contributed by atoms with Crippen molar-refractivity contribution in [3.8, 4) is 0 Å². The van der Waals surface area contributed by atoms with Crippen molar-refractivity contribution in [2.45, 2.75) is 70.1 Å². The predicted octanol–water partition coefficient (Wildman–Crippen LogP) is 1.62. The molecule has 4 heteroatoms. The highest BCUT2D eigenvalue weighted by atomic mass is 16.5. The minimum absolute atomic E-state index is 0.0991. The first-order valence-electron chi connectivity index (χ1n) is 7.53. The highest BCUT2D eigenvalue weighted by molar-refractivity contribution is 4.97. The summed E-state index contributed by atoms with van der Waals surface area (Å²) in [4.78, 5) is 2.41. The number of rotatable bonds is 7. The number of likely N-dealkylation sites (N-methyl/N-ethyl adjacent to an activating group) is 1. The van der Waals surface area contributed by atoms with Crippen LogP contribution < -0.4 is 5.32 Å². The van der Waals surface area contributed by atoms with Crippen LogP contribution in [0.3, 0.4) is 0 Å². The van der Waals surface area contributed by atoms with Crippen LogP contribution in [0.25, 0.3) is 0 Å². The largest absolute Gasteiger partial charge is 0.394 e. The highest BCUT2D eigenvalue weighted by Gasteiger charge is 2.38. The molecule has 0 radical (unpaired) electrons. The Morgan fingerprint density at radius 1 is 1.42 bits per heavy atom. The Labute approximate surface area is 118 Å². The van der Waals surface area contributed by atoms with Crippen molar-refractivity contribution in [2.75, 3.05) is 27.4 Å². The number of hydrogen-bond donors (Lipinski definition) is 2. The Kier molecular flexibility index (Phi) is 6.74. The van der Waals surface area contributed by atoms with E-state index in [9.17, 15) is 5.11 Å². The third kappa shape index (κ3) is 4.71.